The van der Waals surface area contributed by atoms with E-state index < -0.39 is 38.1 Å². The molecule has 0 bridgehead atoms. The fraction of sp³-hybridized carbons (Fsp3) is 1.00. The van der Waals surface area contributed by atoms with Gasteiger partial charge in [-0.2, -0.15) is 0 Å². The molecule has 4 atom stereocenters. The summed E-state index contributed by atoms with van der Waals surface area (Å²) in [6.45, 7) is 0. The van der Waals surface area contributed by atoms with Crippen LogP contribution in [0.2, 0.25) is 16.6 Å². The molecule has 6 heteroatoms. The minimum absolute atomic E-state index is 0.316. The van der Waals surface area contributed by atoms with Crippen LogP contribution in [0.3, 0.4) is 0 Å². The molecule has 0 aromatic carbocycles. The summed E-state index contributed by atoms with van der Waals surface area (Å²) >= 11 is -2.86. The van der Waals surface area contributed by atoms with Crippen molar-refractivity contribution in [1.29, 1.82) is 0 Å². The van der Waals surface area contributed by atoms with Crippen molar-refractivity contribution >= 4 is 13.5 Å². The van der Waals surface area contributed by atoms with E-state index in [2.05, 4.69) is 0 Å². The van der Waals surface area contributed by atoms with Crippen molar-refractivity contribution in [3.05, 3.63) is 0 Å². The molecule has 1 aliphatic heterocycles. The zero-order valence-electron chi connectivity index (χ0n) is 8.58. The number of rotatable bonds is 3. The van der Waals surface area contributed by atoms with Gasteiger partial charge in [-0.1, -0.05) is 0 Å². The van der Waals surface area contributed by atoms with Crippen LogP contribution in [0.25, 0.3) is 0 Å². The Morgan fingerprint density at radius 3 is 2.29 bits per heavy atom. The van der Waals surface area contributed by atoms with Crippen LogP contribution in [0.15, 0.2) is 0 Å². The van der Waals surface area contributed by atoms with Gasteiger partial charge in [-0.05, 0) is 0 Å². The van der Waals surface area contributed by atoms with Crippen LogP contribution in [-0.4, -0.2) is 55.4 Å². The van der Waals surface area contributed by atoms with Gasteiger partial charge in [-0.15, -0.1) is 0 Å². The monoisotopic (exact) mass is 268 g/mol. The third-order valence-electron chi connectivity index (χ3n) is 2.17. The van der Waals surface area contributed by atoms with Gasteiger partial charge in [-0.25, -0.2) is 0 Å². The van der Waals surface area contributed by atoms with E-state index in [-0.39, 0.29) is 0 Å². The van der Waals surface area contributed by atoms with Crippen LogP contribution in [0.5, 0.6) is 0 Å². The molecule has 2 N–H and O–H groups in total. The first kappa shape index (κ1) is 12.3. The van der Waals surface area contributed by atoms with Crippen molar-refractivity contribution in [2.75, 3.05) is 7.11 Å². The summed E-state index contributed by atoms with van der Waals surface area (Å²) in [6, 6.07) is 0. The van der Waals surface area contributed by atoms with Crippen molar-refractivity contribution in [3.63, 3.8) is 0 Å². The van der Waals surface area contributed by atoms with E-state index in [1.165, 1.54) is 7.11 Å². The average molecular weight is 268 g/mol. The zero-order valence-corrected chi connectivity index (χ0v) is 10.5. The third kappa shape index (κ3) is 2.84. The molecule has 2 unspecified atom stereocenters. The topological polar surface area (TPSA) is 76.0 Å². The van der Waals surface area contributed by atoms with Gasteiger partial charge in [0.1, 0.15) is 0 Å². The number of ether oxygens (including phenoxy) is 2. The number of aliphatic hydroxyl groups is 2. The molecule has 1 fully saturated rings. The van der Waals surface area contributed by atoms with Gasteiger partial charge in [0, 0.05) is 0 Å². The SMILES string of the molecule is CO[C@@H]1O[C@H](C[As](C)(C)=O)C(O)C1O. The second-order valence-corrected chi connectivity index (χ2v) is 11.4. The Balaban J connectivity index is 2.61. The van der Waals surface area contributed by atoms with Crippen LogP contribution in [0.1, 0.15) is 0 Å². The first-order valence-electron chi connectivity index (χ1n) is 4.43. The first-order valence-corrected chi connectivity index (χ1v) is 10.3. The predicted octanol–water partition coefficient (Wildman–Crippen LogP) is -0.285. The number of methoxy groups -OCH3 is 1. The minimum atomic E-state index is -2.86. The molecule has 1 rings (SSSR count). The van der Waals surface area contributed by atoms with Crippen LogP contribution >= 0.6 is 0 Å². The quantitative estimate of drug-likeness (QED) is 0.688. The van der Waals surface area contributed by atoms with Gasteiger partial charge < -0.3 is 0 Å². The molecule has 0 saturated carbocycles. The van der Waals surface area contributed by atoms with E-state index in [9.17, 15) is 14.0 Å². The Morgan fingerprint density at radius 2 is 1.93 bits per heavy atom. The summed E-state index contributed by atoms with van der Waals surface area (Å²) in [5, 5.41) is 19.3. The van der Waals surface area contributed by atoms with Gasteiger partial charge in [0.05, 0.1) is 0 Å². The fourth-order valence-electron chi connectivity index (χ4n) is 1.49. The summed E-state index contributed by atoms with van der Waals surface area (Å²) in [5.41, 5.74) is 3.36. The van der Waals surface area contributed by atoms with Gasteiger partial charge in [0.15, 0.2) is 0 Å². The summed E-state index contributed by atoms with van der Waals surface area (Å²) in [5.74, 6) is 0. The van der Waals surface area contributed by atoms with E-state index in [0.717, 1.165) is 0 Å². The molecule has 0 radical (unpaired) electrons. The van der Waals surface area contributed by atoms with Gasteiger partial charge in [0.25, 0.3) is 0 Å². The van der Waals surface area contributed by atoms with Crippen molar-refractivity contribution in [2.24, 2.45) is 0 Å². The maximum atomic E-state index is 11.6. The summed E-state index contributed by atoms with van der Waals surface area (Å²) in [4.78, 5) is 0. The molecule has 14 heavy (non-hydrogen) atoms. The van der Waals surface area contributed by atoms with Gasteiger partial charge in [0.2, 0.25) is 0 Å². The number of hydrogen-bond donors (Lipinski definition) is 2. The number of aliphatic hydroxyl groups excluding tert-OH is 2. The summed E-state index contributed by atoms with van der Waals surface area (Å²) < 4.78 is 21.6. The summed E-state index contributed by atoms with van der Waals surface area (Å²) in [7, 11) is 1.39. The van der Waals surface area contributed by atoms with Gasteiger partial charge >= 0.3 is 85.3 Å². The average Bonchev–Trinajstić information content (AvgIpc) is 2.30. The fourth-order valence-corrected chi connectivity index (χ4v) is 3.95. The second-order valence-electron chi connectivity index (χ2n) is 4.02. The molecule has 0 amide bonds. The van der Waals surface area contributed by atoms with Gasteiger partial charge in [-0.3, -0.25) is 0 Å². The molecule has 0 aliphatic carbocycles. The van der Waals surface area contributed by atoms with Crippen molar-refractivity contribution in [1.82, 2.24) is 0 Å². The molecular formula is C8H17AsO5. The van der Waals surface area contributed by atoms with Crippen LogP contribution < -0.4 is 0 Å². The van der Waals surface area contributed by atoms with Crippen molar-refractivity contribution < 1.29 is 23.4 Å². The molecule has 1 aliphatic rings. The Hall–Kier alpha value is 0.198. The summed E-state index contributed by atoms with van der Waals surface area (Å²) in [6.07, 6.45) is -3.44. The molecule has 1 saturated heterocycles. The molecule has 0 spiro atoms. The molecule has 0 aromatic rings. The molecule has 1 heterocycles. The maximum absolute atomic E-state index is 11.6. The second kappa shape index (κ2) is 4.37. The van der Waals surface area contributed by atoms with E-state index >= 15 is 0 Å². The molecule has 5 nitrogen and oxygen atoms in total. The van der Waals surface area contributed by atoms with Crippen molar-refractivity contribution in [3.8, 4) is 0 Å². The Labute approximate surface area is 85.7 Å². The predicted molar refractivity (Wildman–Crippen MR) is 50.7 cm³/mol. The van der Waals surface area contributed by atoms with E-state index in [0.29, 0.717) is 5.21 Å². The van der Waals surface area contributed by atoms with E-state index in [4.69, 9.17) is 9.47 Å². The zero-order chi connectivity index (χ0) is 10.9. The Morgan fingerprint density at radius 1 is 1.36 bits per heavy atom. The molecule has 0 aromatic heterocycles. The van der Waals surface area contributed by atoms with E-state index in [1.54, 1.807) is 11.4 Å². The standard InChI is InChI=1S/C8H17AsO5/c1-9(2,12)4-5-6(10)7(11)8(13-3)14-5/h5-8,10-11H,4H2,1-3H3/t5-,6?,7?,8-/m1/s1. The Kier molecular flexibility index (Phi) is 3.83. The van der Waals surface area contributed by atoms with Crippen LogP contribution in [0, 0.1) is 0 Å². The third-order valence-corrected chi connectivity index (χ3v) is 4.77. The number of hydrogen-bond acceptors (Lipinski definition) is 5. The molecule has 84 valence electrons. The van der Waals surface area contributed by atoms with Crippen molar-refractivity contribution in [2.45, 2.75) is 41.2 Å². The molecular weight excluding hydrogens is 251 g/mol. The van der Waals surface area contributed by atoms with Crippen LogP contribution in [0.4, 0.5) is 0 Å². The Bertz CT molecular complexity index is 238. The normalized spacial score (nSPS) is 38.9. The first-order chi connectivity index (χ1) is 6.35. The van der Waals surface area contributed by atoms with Crippen LogP contribution in [-0.2, 0) is 13.2 Å². The van der Waals surface area contributed by atoms with E-state index in [1.807, 2.05) is 0 Å².